The predicted molar refractivity (Wildman–Crippen MR) is 156 cm³/mol. The monoisotopic (exact) mass is 642 g/mol. The summed E-state index contributed by atoms with van der Waals surface area (Å²) in [5.74, 6) is 0.0314. The fourth-order valence-electron chi connectivity index (χ4n) is 3.25. The van der Waals surface area contributed by atoms with Crippen molar-refractivity contribution in [2.75, 3.05) is 7.11 Å². The average Bonchev–Trinajstić information content (AvgIpc) is 2.95. The first-order chi connectivity index (χ1) is 19.3. The maximum Gasteiger partial charge on any atom is 0.343 e. The van der Waals surface area contributed by atoms with E-state index < -0.39 is 18.2 Å². The smallest absolute Gasteiger partial charge is 0.343 e. The van der Waals surface area contributed by atoms with Crippen LogP contribution in [0.3, 0.4) is 0 Å². The lowest BCUT2D eigenvalue weighted by Gasteiger charge is -2.19. The van der Waals surface area contributed by atoms with Gasteiger partial charge in [0.1, 0.15) is 11.5 Å². The second-order valence-corrected chi connectivity index (χ2v) is 9.81. The molecule has 204 valence electrons. The molecule has 0 heterocycles. The number of halogens is 3. The molecule has 0 spiro atoms. The molecule has 1 N–H and O–H groups in total. The van der Waals surface area contributed by atoms with Crippen LogP contribution in [0.2, 0.25) is 10.0 Å². The van der Waals surface area contributed by atoms with Gasteiger partial charge in [-0.05, 0) is 90.5 Å². The SMILES string of the molecule is COc1cc(C=NNC(=O)C(Oc2ccc(Cl)cc2)Oc2ccc(Cl)cc2)ccc1OC(=O)c1cccc(Br)c1. The summed E-state index contributed by atoms with van der Waals surface area (Å²) in [7, 11) is 1.45. The van der Waals surface area contributed by atoms with E-state index >= 15 is 0 Å². The van der Waals surface area contributed by atoms with Crippen molar-refractivity contribution in [2.45, 2.75) is 6.29 Å². The Hall–Kier alpha value is -4.05. The van der Waals surface area contributed by atoms with Gasteiger partial charge in [0.15, 0.2) is 11.5 Å². The second kappa shape index (κ2) is 13.8. The lowest BCUT2D eigenvalue weighted by Crippen LogP contribution is -2.40. The highest BCUT2D eigenvalue weighted by Crippen LogP contribution is 2.29. The second-order valence-electron chi connectivity index (χ2n) is 8.02. The molecule has 0 aliphatic carbocycles. The first-order valence-electron chi connectivity index (χ1n) is 11.6. The number of hydrogen-bond acceptors (Lipinski definition) is 7. The summed E-state index contributed by atoms with van der Waals surface area (Å²) in [4.78, 5) is 25.4. The van der Waals surface area contributed by atoms with Crippen LogP contribution in [0.25, 0.3) is 0 Å². The number of carbonyl (C=O) groups is 2. The van der Waals surface area contributed by atoms with E-state index in [1.165, 1.54) is 13.3 Å². The molecule has 0 bridgehead atoms. The number of hydrogen-bond donors (Lipinski definition) is 1. The molecule has 0 radical (unpaired) electrons. The van der Waals surface area contributed by atoms with Crippen molar-refractivity contribution in [3.8, 4) is 23.0 Å². The molecule has 0 saturated carbocycles. The summed E-state index contributed by atoms with van der Waals surface area (Å²) in [5.41, 5.74) is 3.34. The molecule has 4 aromatic rings. The first kappa shape index (κ1) is 28.9. The van der Waals surface area contributed by atoms with Crippen LogP contribution in [0.4, 0.5) is 0 Å². The van der Waals surface area contributed by atoms with E-state index in [0.717, 1.165) is 4.47 Å². The molecule has 11 heteroatoms. The van der Waals surface area contributed by atoms with Crippen molar-refractivity contribution in [3.05, 3.63) is 117 Å². The number of esters is 1. The van der Waals surface area contributed by atoms with Gasteiger partial charge < -0.3 is 18.9 Å². The molecule has 40 heavy (non-hydrogen) atoms. The van der Waals surface area contributed by atoms with Crippen LogP contribution in [-0.2, 0) is 4.79 Å². The Bertz CT molecular complexity index is 1470. The van der Waals surface area contributed by atoms with Crippen molar-refractivity contribution in [2.24, 2.45) is 5.10 Å². The summed E-state index contributed by atoms with van der Waals surface area (Å²) in [6.45, 7) is 0. The minimum Gasteiger partial charge on any atom is -0.493 e. The number of benzene rings is 4. The highest BCUT2D eigenvalue weighted by molar-refractivity contribution is 9.10. The number of carbonyl (C=O) groups excluding carboxylic acids is 2. The zero-order valence-corrected chi connectivity index (χ0v) is 23.9. The Balaban J connectivity index is 1.44. The minimum absolute atomic E-state index is 0.224. The number of nitrogens with one attached hydrogen (secondary N) is 1. The summed E-state index contributed by atoms with van der Waals surface area (Å²) in [6, 6.07) is 24.6. The summed E-state index contributed by atoms with van der Waals surface area (Å²) >= 11 is 15.2. The Morgan fingerprint density at radius 3 is 2.05 bits per heavy atom. The predicted octanol–water partition coefficient (Wildman–Crippen LogP) is 6.92. The van der Waals surface area contributed by atoms with Crippen LogP contribution in [0.5, 0.6) is 23.0 Å². The van der Waals surface area contributed by atoms with Gasteiger partial charge in [0.25, 0.3) is 0 Å². The fraction of sp³-hybridized carbons (Fsp3) is 0.0690. The average molecular weight is 644 g/mol. The highest BCUT2D eigenvalue weighted by atomic mass is 79.9. The van der Waals surface area contributed by atoms with Gasteiger partial charge in [0.2, 0.25) is 0 Å². The Labute approximate surface area is 248 Å². The van der Waals surface area contributed by atoms with Crippen molar-refractivity contribution in [1.82, 2.24) is 5.43 Å². The number of rotatable bonds is 10. The number of amides is 1. The largest absolute Gasteiger partial charge is 0.493 e. The van der Waals surface area contributed by atoms with Gasteiger partial charge in [-0.3, -0.25) is 4.79 Å². The van der Waals surface area contributed by atoms with Crippen molar-refractivity contribution in [1.29, 1.82) is 0 Å². The molecule has 4 rings (SSSR count). The normalized spacial score (nSPS) is 10.8. The molecule has 0 fully saturated rings. The molecule has 1 amide bonds. The quantitative estimate of drug-likeness (QED) is 0.0663. The van der Waals surface area contributed by atoms with E-state index in [0.29, 0.717) is 38.4 Å². The van der Waals surface area contributed by atoms with E-state index in [4.69, 9.17) is 42.1 Å². The van der Waals surface area contributed by atoms with Gasteiger partial charge in [-0.25, -0.2) is 10.2 Å². The minimum atomic E-state index is -1.38. The van der Waals surface area contributed by atoms with E-state index in [2.05, 4.69) is 26.5 Å². The fourth-order valence-corrected chi connectivity index (χ4v) is 3.90. The molecular formula is C29H21BrCl2N2O6. The van der Waals surface area contributed by atoms with E-state index in [9.17, 15) is 9.59 Å². The topological polar surface area (TPSA) is 95.5 Å². The van der Waals surface area contributed by atoms with Gasteiger partial charge in [-0.1, -0.05) is 45.2 Å². The van der Waals surface area contributed by atoms with Crippen molar-refractivity contribution in [3.63, 3.8) is 0 Å². The number of methoxy groups -OCH3 is 1. The van der Waals surface area contributed by atoms with Crippen LogP contribution in [0, 0.1) is 0 Å². The van der Waals surface area contributed by atoms with Crippen LogP contribution in [-0.4, -0.2) is 31.5 Å². The third kappa shape index (κ3) is 8.22. The lowest BCUT2D eigenvalue weighted by molar-refractivity contribution is -0.140. The zero-order chi connectivity index (χ0) is 28.5. The molecule has 8 nitrogen and oxygen atoms in total. The van der Waals surface area contributed by atoms with Gasteiger partial charge >= 0.3 is 18.2 Å². The standard InChI is InChI=1S/C29H21BrCl2N2O6/c1-37-26-15-18(5-14-25(26)40-28(36)19-3-2-4-20(30)16-19)17-33-34-27(35)29(38-23-10-6-21(31)7-11-23)39-24-12-8-22(32)9-13-24/h2-17,29H,1H3,(H,34,35). The zero-order valence-electron chi connectivity index (χ0n) is 20.8. The van der Waals surface area contributed by atoms with Crippen LogP contribution in [0.15, 0.2) is 101 Å². The number of ether oxygens (including phenoxy) is 4. The van der Waals surface area contributed by atoms with E-state index in [-0.39, 0.29) is 5.75 Å². The van der Waals surface area contributed by atoms with Crippen LogP contribution >= 0.6 is 39.1 Å². The first-order valence-corrected chi connectivity index (χ1v) is 13.2. The molecule has 4 aromatic carbocycles. The third-order valence-electron chi connectivity index (χ3n) is 5.17. The van der Waals surface area contributed by atoms with Gasteiger partial charge in [0, 0.05) is 14.5 Å². The van der Waals surface area contributed by atoms with E-state index in [1.807, 2.05) is 0 Å². The Kier molecular flexibility index (Phi) is 10.0. The van der Waals surface area contributed by atoms with Crippen LogP contribution in [0.1, 0.15) is 15.9 Å². The van der Waals surface area contributed by atoms with Gasteiger partial charge in [-0.15, -0.1) is 0 Å². The number of nitrogens with zero attached hydrogens (tertiary/aromatic N) is 1. The molecule has 0 aliphatic heterocycles. The Morgan fingerprint density at radius 1 is 0.850 bits per heavy atom. The molecule has 0 saturated heterocycles. The van der Waals surface area contributed by atoms with Crippen molar-refractivity contribution >= 4 is 57.2 Å². The maximum absolute atomic E-state index is 12.9. The molecule has 0 atom stereocenters. The summed E-state index contributed by atoms with van der Waals surface area (Å²) in [5, 5.41) is 5.03. The van der Waals surface area contributed by atoms with Crippen molar-refractivity contribution < 1.29 is 28.5 Å². The number of hydrazone groups is 1. The maximum atomic E-state index is 12.9. The third-order valence-corrected chi connectivity index (χ3v) is 6.16. The molecule has 0 aromatic heterocycles. The van der Waals surface area contributed by atoms with Gasteiger partial charge in [-0.2, -0.15) is 5.10 Å². The van der Waals surface area contributed by atoms with E-state index in [1.54, 1.807) is 91.0 Å². The summed E-state index contributed by atoms with van der Waals surface area (Å²) in [6.07, 6.45) is 0.0101. The Morgan fingerprint density at radius 2 is 1.48 bits per heavy atom. The van der Waals surface area contributed by atoms with Gasteiger partial charge in [0.05, 0.1) is 18.9 Å². The molecule has 0 unspecified atom stereocenters. The lowest BCUT2D eigenvalue weighted by atomic mass is 10.2. The molecule has 0 aliphatic rings. The highest BCUT2D eigenvalue weighted by Gasteiger charge is 2.23. The summed E-state index contributed by atoms with van der Waals surface area (Å²) < 4.78 is 23.1. The molecular weight excluding hydrogens is 623 g/mol. The van der Waals surface area contributed by atoms with Crippen LogP contribution < -0.4 is 24.4 Å².